The summed E-state index contributed by atoms with van der Waals surface area (Å²) < 4.78 is 25.3. The first-order chi connectivity index (χ1) is 15.6. The van der Waals surface area contributed by atoms with Gasteiger partial charge in [-0.2, -0.15) is 0 Å². The summed E-state index contributed by atoms with van der Waals surface area (Å²) in [4.78, 5) is 21.0. The van der Waals surface area contributed by atoms with Crippen LogP contribution < -0.4 is 20.1 Å². The molecule has 4 aromatic rings. The maximum Gasteiger partial charge on any atom is 0.190 e. The molecule has 3 aromatic heterocycles. The average molecular weight is 454 g/mol. The van der Waals surface area contributed by atoms with Gasteiger partial charge in [-0.1, -0.05) is 17.7 Å². The Morgan fingerprint density at radius 2 is 1.75 bits per heavy atom. The Morgan fingerprint density at radius 3 is 2.50 bits per heavy atom. The van der Waals surface area contributed by atoms with E-state index in [-0.39, 0.29) is 28.0 Å². The molecule has 2 N–H and O–H groups in total. The standard InChI is InChI=1S/C21H17ClFN7O2/c1-31-14-8-15(32-2)19(23)20(18(14)22)30-21-12(9-24-10-28-21)13-7-17(27-11-26-13)29-16-5-3-4-6-25-16/h3-11H,1-2H3,(H,24,28,30)(H,25,26,27,29). The summed E-state index contributed by atoms with van der Waals surface area (Å²) in [5, 5.41) is 6.05. The van der Waals surface area contributed by atoms with E-state index in [1.54, 1.807) is 24.5 Å². The third-order valence-corrected chi connectivity index (χ3v) is 4.77. The third kappa shape index (κ3) is 4.35. The maximum atomic E-state index is 15.0. The van der Waals surface area contributed by atoms with Crippen LogP contribution in [0.5, 0.6) is 11.5 Å². The maximum absolute atomic E-state index is 15.0. The molecule has 0 spiro atoms. The zero-order chi connectivity index (χ0) is 22.5. The molecule has 0 radical (unpaired) electrons. The molecular formula is C21H17ClFN7O2. The van der Waals surface area contributed by atoms with Gasteiger partial charge in [-0.15, -0.1) is 0 Å². The number of ether oxygens (including phenoxy) is 2. The number of methoxy groups -OCH3 is 2. The summed E-state index contributed by atoms with van der Waals surface area (Å²) in [7, 11) is 2.78. The quantitative estimate of drug-likeness (QED) is 0.414. The van der Waals surface area contributed by atoms with Crippen LogP contribution in [0.1, 0.15) is 0 Å². The predicted molar refractivity (Wildman–Crippen MR) is 118 cm³/mol. The summed E-state index contributed by atoms with van der Waals surface area (Å²) in [5.74, 6) is 0.926. The van der Waals surface area contributed by atoms with Gasteiger partial charge in [-0.25, -0.2) is 29.3 Å². The van der Waals surface area contributed by atoms with Crippen molar-refractivity contribution in [2.45, 2.75) is 0 Å². The lowest BCUT2D eigenvalue weighted by Crippen LogP contribution is -2.04. The normalized spacial score (nSPS) is 10.5. The fourth-order valence-electron chi connectivity index (χ4n) is 2.87. The molecule has 0 aliphatic heterocycles. The molecule has 11 heteroatoms. The van der Waals surface area contributed by atoms with Crippen molar-refractivity contribution >= 4 is 34.7 Å². The lowest BCUT2D eigenvalue weighted by molar-refractivity contribution is 0.375. The van der Waals surface area contributed by atoms with Crippen molar-refractivity contribution in [2.24, 2.45) is 0 Å². The van der Waals surface area contributed by atoms with E-state index in [0.717, 1.165) is 0 Å². The zero-order valence-electron chi connectivity index (χ0n) is 17.0. The molecule has 4 rings (SSSR count). The second-order valence-electron chi connectivity index (χ2n) is 6.32. The van der Waals surface area contributed by atoms with Gasteiger partial charge in [0.05, 0.1) is 25.5 Å². The molecule has 0 saturated heterocycles. The number of hydrogen-bond acceptors (Lipinski definition) is 9. The average Bonchev–Trinajstić information content (AvgIpc) is 2.83. The van der Waals surface area contributed by atoms with Crippen LogP contribution in [0.2, 0.25) is 5.02 Å². The van der Waals surface area contributed by atoms with E-state index in [9.17, 15) is 4.39 Å². The van der Waals surface area contributed by atoms with E-state index in [1.807, 2.05) is 12.1 Å². The SMILES string of the molecule is COc1cc(OC)c(Cl)c(Nc2ncncc2-c2cc(Nc3ccccn3)ncn2)c1F. The highest BCUT2D eigenvalue weighted by Crippen LogP contribution is 2.42. The Morgan fingerprint density at radius 1 is 0.906 bits per heavy atom. The number of halogens is 2. The van der Waals surface area contributed by atoms with E-state index < -0.39 is 5.82 Å². The van der Waals surface area contributed by atoms with Gasteiger partial charge in [0.2, 0.25) is 0 Å². The first-order valence-corrected chi connectivity index (χ1v) is 9.66. The number of rotatable bonds is 7. The number of nitrogens with zero attached hydrogens (tertiary/aromatic N) is 5. The van der Waals surface area contributed by atoms with Gasteiger partial charge >= 0.3 is 0 Å². The number of pyridine rings is 1. The van der Waals surface area contributed by atoms with Crippen LogP contribution in [-0.2, 0) is 0 Å². The van der Waals surface area contributed by atoms with Crippen molar-refractivity contribution in [3.63, 3.8) is 0 Å². The molecule has 0 saturated carbocycles. The number of anilines is 4. The van der Waals surface area contributed by atoms with Gasteiger partial charge in [0, 0.05) is 24.5 Å². The summed E-state index contributed by atoms with van der Waals surface area (Å²) in [5.41, 5.74) is 0.938. The topological polar surface area (TPSA) is 107 Å². The van der Waals surface area contributed by atoms with Crippen molar-refractivity contribution in [3.05, 3.63) is 66.2 Å². The number of aromatic nitrogens is 5. The lowest BCUT2D eigenvalue weighted by atomic mass is 10.2. The lowest BCUT2D eigenvalue weighted by Gasteiger charge is -2.16. The van der Waals surface area contributed by atoms with E-state index in [2.05, 4.69) is 35.6 Å². The van der Waals surface area contributed by atoms with Gasteiger partial charge < -0.3 is 20.1 Å². The molecule has 32 heavy (non-hydrogen) atoms. The Kier molecular flexibility index (Phi) is 6.22. The molecule has 0 fully saturated rings. The van der Waals surface area contributed by atoms with Crippen LogP contribution in [0.4, 0.5) is 27.5 Å². The zero-order valence-corrected chi connectivity index (χ0v) is 17.8. The molecule has 0 atom stereocenters. The molecule has 0 bridgehead atoms. The first kappa shape index (κ1) is 21.2. The van der Waals surface area contributed by atoms with Crippen LogP contribution in [0, 0.1) is 5.82 Å². The number of nitrogens with one attached hydrogen (secondary N) is 2. The molecule has 0 aliphatic rings. The Hall–Kier alpha value is -4.05. The summed E-state index contributed by atoms with van der Waals surface area (Å²) in [6, 6.07) is 8.53. The molecule has 0 amide bonds. The van der Waals surface area contributed by atoms with Gasteiger partial charge in [-0.3, -0.25) is 0 Å². The monoisotopic (exact) mass is 453 g/mol. The van der Waals surface area contributed by atoms with Crippen molar-refractivity contribution in [1.29, 1.82) is 0 Å². The van der Waals surface area contributed by atoms with Crippen molar-refractivity contribution < 1.29 is 13.9 Å². The number of benzene rings is 1. The summed E-state index contributed by atoms with van der Waals surface area (Å²) >= 11 is 6.34. The van der Waals surface area contributed by atoms with Gasteiger partial charge in [-0.05, 0) is 12.1 Å². The molecule has 1 aromatic carbocycles. The molecule has 162 valence electrons. The Bertz CT molecular complexity index is 1220. The van der Waals surface area contributed by atoms with Crippen LogP contribution >= 0.6 is 11.6 Å². The Balaban J connectivity index is 1.72. The van der Waals surface area contributed by atoms with E-state index in [4.69, 9.17) is 21.1 Å². The van der Waals surface area contributed by atoms with Crippen molar-refractivity contribution in [2.75, 3.05) is 24.9 Å². The van der Waals surface area contributed by atoms with Gasteiger partial charge in [0.25, 0.3) is 0 Å². The minimum Gasteiger partial charge on any atom is -0.495 e. The predicted octanol–water partition coefficient (Wildman–Crippen LogP) is 4.63. The van der Waals surface area contributed by atoms with Crippen LogP contribution in [0.25, 0.3) is 11.3 Å². The van der Waals surface area contributed by atoms with Crippen LogP contribution in [-0.4, -0.2) is 39.1 Å². The van der Waals surface area contributed by atoms with Crippen LogP contribution in [0.15, 0.2) is 55.4 Å². The highest BCUT2D eigenvalue weighted by molar-refractivity contribution is 6.35. The molecule has 0 unspecified atom stereocenters. The number of hydrogen-bond donors (Lipinski definition) is 2. The smallest absolute Gasteiger partial charge is 0.190 e. The second-order valence-corrected chi connectivity index (χ2v) is 6.70. The molecule has 9 nitrogen and oxygen atoms in total. The highest BCUT2D eigenvalue weighted by atomic mass is 35.5. The molecule has 3 heterocycles. The van der Waals surface area contributed by atoms with Gasteiger partial charge in [0.1, 0.15) is 46.6 Å². The summed E-state index contributed by atoms with van der Waals surface area (Å²) in [6.45, 7) is 0. The van der Waals surface area contributed by atoms with E-state index in [0.29, 0.717) is 22.9 Å². The van der Waals surface area contributed by atoms with Crippen molar-refractivity contribution in [3.8, 4) is 22.8 Å². The van der Waals surface area contributed by atoms with E-state index >= 15 is 0 Å². The molecule has 0 aliphatic carbocycles. The summed E-state index contributed by atoms with van der Waals surface area (Å²) in [6.07, 6.45) is 5.92. The second kappa shape index (κ2) is 9.40. The minimum atomic E-state index is -0.692. The minimum absolute atomic E-state index is 0.0340. The van der Waals surface area contributed by atoms with Crippen LogP contribution in [0.3, 0.4) is 0 Å². The largest absolute Gasteiger partial charge is 0.495 e. The first-order valence-electron chi connectivity index (χ1n) is 9.28. The fraction of sp³-hybridized carbons (Fsp3) is 0.0952. The highest BCUT2D eigenvalue weighted by Gasteiger charge is 2.21. The fourth-order valence-corrected chi connectivity index (χ4v) is 3.13. The third-order valence-electron chi connectivity index (χ3n) is 4.39. The van der Waals surface area contributed by atoms with Gasteiger partial charge in [0.15, 0.2) is 11.6 Å². The molecular weight excluding hydrogens is 437 g/mol. The van der Waals surface area contributed by atoms with E-state index in [1.165, 1.54) is 32.9 Å². The Labute approximate surface area is 187 Å². The van der Waals surface area contributed by atoms with Crippen molar-refractivity contribution in [1.82, 2.24) is 24.9 Å².